The maximum Gasteiger partial charge on any atom is 0.0571 e. The number of aliphatic hydroxyl groups is 1. The molecule has 1 nitrogen and oxygen atoms in total. The van der Waals surface area contributed by atoms with Gasteiger partial charge in [-0.3, -0.25) is 0 Å². The van der Waals surface area contributed by atoms with E-state index in [2.05, 4.69) is 13.8 Å². The maximum absolute atomic E-state index is 9.08. The molecule has 1 saturated carbocycles. The highest BCUT2D eigenvalue weighted by atomic mass is 16.3. The monoisotopic (exact) mass is 114 g/mol. The lowest BCUT2D eigenvalue weighted by atomic mass is 9.75. The lowest BCUT2D eigenvalue weighted by Gasteiger charge is -2.35. The summed E-state index contributed by atoms with van der Waals surface area (Å²) in [7, 11) is 0. The highest BCUT2D eigenvalue weighted by Crippen LogP contribution is 2.33. The Hall–Kier alpha value is -0.0400. The maximum atomic E-state index is 9.08. The fourth-order valence-corrected chi connectivity index (χ4v) is 1.29. The summed E-state index contributed by atoms with van der Waals surface area (Å²) < 4.78 is 0. The molecule has 0 spiro atoms. The van der Waals surface area contributed by atoms with Crippen LogP contribution < -0.4 is 0 Å². The van der Waals surface area contributed by atoms with Gasteiger partial charge in [0.15, 0.2) is 0 Å². The summed E-state index contributed by atoms with van der Waals surface area (Å²) in [5, 5.41) is 9.08. The third-order valence-electron chi connectivity index (χ3n) is 2.15. The van der Waals surface area contributed by atoms with Gasteiger partial charge in [-0.25, -0.2) is 0 Å². The summed E-state index contributed by atoms with van der Waals surface area (Å²) in [6.45, 7) is 4.35. The molecule has 0 aromatic rings. The topological polar surface area (TPSA) is 20.2 Å². The fourth-order valence-electron chi connectivity index (χ4n) is 1.29. The van der Waals surface area contributed by atoms with Crippen molar-refractivity contribution in [1.82, 2.24) is 0 Å². The third-order valence-corrected chi connectivity index (χ3v) is 2.15. The Morgan fingerprint density at radius 1 is 1.38 bits per heavy atom. The van der Waals surface area contributed by atoms with Gasteiger partial charge in [-0.05, 0) is 24.7 Å². The smallest absolute Gasteiger partial charge is 0.0571 e. The van der Waals surface area contributed by atoms with Gasteiger partial charge in [0.25, 0.3) is 0 Å². The average Bonchev–Trinajstić information content (AvgIpc) is 1.61. The van der Waals surface area contributed by atoms with E-state index in [0.717, 1.165) is 6.42 Å². The molecule has 0 radical (unpaired) electrons. The van der Waals surface area contributed by atoms with Gasteiger partial charge in [-0.15, -0.1) is 0 Å². The van der Waals surface area contributed by atoms with Gasteiger partial charge in [0.05, 0.1) is 6.10 Å². The lowest BCUT2D eigenvalue weighted by molar-refractivity contribution is -0.00118. The molecule has 0 unspecified atom stereocenters. The molecule has 48 valence electrons. The van der Waals surface area contributed by atoms with Crippen molar-refractivity contribution in [3.05, 3.63) is 0 Å². The van der Waals surface area contributed by atoms with E-state index in [1.807, 2.05) is 0 Å². The fraction of sp³-hybridized carbons (Fsp3) is 1.00. The Balaban J connectivity index is 2.26. The van der Waals surface area contributed by atoms with Crippen LogP contribution in [0, 0.1) is 11.8 Å². The first-order valence-corrected chi connectivity index (χ1v) is 3.40. The Morgan fingerprint density at radius 3 is 2.00 bits per heavy atom. The Labute approximate surface area is 50.7 Å². The highest BCUT2D eigenvalue weighted by molar-refractivity contribution is 4.81. The largest absolute Gasteiger partial charge is 0.393 e. The Bertz CT molecular complexity index is 73.7. The first-order valence-electron chi connectivity index (χ1n) is 3.40. The van der Waals surface area contributed by atoms with Gasteiger partial charge >= 0.3 is 0 Å². The molecular formula is C7H14O. The zero-order chi connectivity index (χ0) is 6.15. The van der Waals surface area contributed by atoms with Gasteiger partial charge in [-0.1, -0.05) is 13.8 Å². The van der Waals surface area contributed by atoms with Crippen LogP contribution >= 0.6 is 0 Å². The predicted molar refractivity (Wildman–Crippen MR) is 33.6 cm³/mol. The molecule has 1 fully saturated rings. The van der Waals surface area contributed by atoms with E-state index in [9.17, 15) is 0 Å². The molecule has 1 rings (SSSR count). The van der Waals surface area contributed by atoms with Crippen molar-refractivity contribution >= 4 is 0 Å². The van der Waals surface area contributed by atoms with Crippen molar-refractivity contribution < 1.29 is 5.11 Å². The van der Waals surface area contributed by atoms with Crippen molar-refractivity contribution in [2.45, 2.75) is 32.8 Å². The predicted octanol–water partition coefficient (Wildman–Crippen LogP) is 1.41. The van der Waals surface area contributed by atoms with Crippen LogP contribution in [-0.2, 0) is 0 Å². The van der Waals surface area contributed by atoms with E-state index in [-0.39, 0.29) is 6.10 Å². The summed E-state index contributed by atoms with van der Waals surface area (Å²) in [6, 6.07) is 0. The number of hydrogen-bond acceptors (Lipinski definition) is 1. The van der Waals surface area contributed by atoms with Crippen LogP contribution in [-0.4, -0.2) is 11.2 Å². The first kappa shape index (κ1) is 6.09. The molecule has 1 heteroatoms. The van der Waals surface area contributed by atoms with Gasteiger partial charge in [0.1, 0.15) is 0 Å². The van der Waals surface area contributed by atoms with Crippen LogP contribution in [0.5, 0.6) is 0 Å². The van der Waals surface area contributed by atoms with Crippen molar-refractivity contribution in [1.29, 1.82) is 0 Å². The van der Waals surface area contributed by atoms with E-state index in [1.165, 1.54) is 6.42 Å². The SMILES string of the molecule is CC(C)[C@@H]1CC[C@@H]1O. The molecule has 0 saturated heterocycles. The molecule has 0 aliphatic heterocycles. The second-order valence-electron chi connectivity index (χ2n) is 3.05. The molecule has 1 aliphatic carbocycles. The zero-order valence-electron chi connectivity index (χ0n) is 5.59. The highest BCUT2D eigenvalue weighted by Gasteiger charge is 2.30. The van der Waals surface area contributed by atoms with Crippen LogP contribution in [0.1, 0.15) is 26.7 Å². The molecule has 1 N–H and O–H groups in total. The zero-order valence-corrected chi connectivity index (χ0v) is 5.59. The molecule has 0 heterocycles. The van der Waals surface area contributed by atoms with Crippen molar-refractivity contribution in [3.63, 3.8) is 0 Å². The molecular weight excluding hydrogens is 100 g/mol. The van der Waals surface area contributed by atoms with Crippen LogP contribution in [0.3, 0.4) is 0 Å². The van der Waals surface area contributed by atoms with E-state index in [1.54, 1.807) is 0 Å². The molecule has 2 atom stereocenters. The first-order chi connectivity index (χ1) is 3.72. The summed E-state index contributed by atoms with van der Waals surface area (Å²) >= 11 is 0. The van der Waals surface area contributed by atoms with E-state index in [4.69, 9.17) is 5.11 Å². The Kier molecular flexibility index (Phi) is 1.57. The number of hydrogen-bond donors (Lipinski definition) is 1. The van der Waals surface area contributed by atoms with Crippen molar-refractivity contribution in [3.8, 4) is 0 Å². The van der Waals surface area contributed by atoms with E-state index < -0.39 is 0 Å². The quantitative estimate of drug-likeness (QED) is 0.546. The minimum Gasteiger partial charge on any atom is -0.393 e. The molecule has 0 bridgehead atoms. The van der Waals surface area contributed by atoms with Crippen molar-refractivity contribution in [2.24, 2.45) is 11.8 Å². The number of rotatable bonds is 1. The van der Waals surface area contributed by atoms with Crippen molar-refractivity contribution in [2.75, 3.05) is 0 Å². The molecule has 0 aromatic carbocycles. The standard InChI is InChI=1S/C7H14O/c1-5(2)6-3-4-7(6)8/h5-8H,3-4H2,1-2H3/t6-,7-/m0/s1. The second-order valence-corrected chi connectivity index (χ2v) is 3.05. The molecule has 1 aliphatic rings. The molecule has 8 heavy (non-hydrogen) atoms. The van der Waals surface area contributed by atoms with Gasteiger partial charge < -0.3 is 5.11 Å². The number of aliphatic hydroxyl groups excluding tert-OH is 1. The normalized spacial score (nSPS) is 37.5. The minimum absolute atomic E-state index is 0.0231. The molecule has 0 aromatic heterocycles. The minimum atomic E-state index is 0.0231. The lowest BCUT2D eigenvalue weighted by Crippen LogP contribution is -2.34. The van der Waals surface area contributed by atoms with Crippen LogP contribution in [0.25, 0.3) is 0 Å². The van der Waals surface area contributed by atoms with Gasteiger partial charge in [-0.2, -0.15) is 0 Å². The summed E-state index contributed by atoms with van der Waals surface area (Å²) in [5.41, 5.74) is 0. The van der Waals surface area contributed by atoms with E-state index in [0.29, 0.717) is 11.8 Å². The third kappa shape index (κ3) is 0.873. The summed E-state index contributed by atoms with van der Waals surface area (Å²) in [4.78, 5) is 0. The van der Waals surface area contributed by atoms with Crippen LogP contribution in [0.4, 0.5) is 0 Å². The molecule has 0 amide bonds. The van der Waals surface area contributed by atoms with E-state index >= 15 is 0 Å². The van der Waals surface area contributed by atoms with Gasteiger partial charge in [0, 0.05) is 0 Å². The van der Waals surface area contributed by atoms with Crippen LogP contribution in [0.15, 0.2) is 0 Å². The van der Waals surface area contributed by atoms with Crippen LogP contribution in [0.2, 0.25) is 0 Å². The van der Waals surface area contributed by atoms with Gasteiger partial charge in [0.2, 0.25) is 0 Å². The average molecular weight is 114 g/mol. The Morgan fingerprint density at radius 2 is 2.00 bits per heavy atom. The summed E-state index contributed by atoms with van der Waals surface area (Å²) in [6.07, 6.45) is 2.29. The second kappa shape index (κ2) is 2.06. The summed E-state index contributed by atoms with van der Waals surface area (Å²) in [5.74, 6) is 1.29.